The van der Waals surface area contributed by atoms with Crippen molar-refractivity contribution >= 4 is 22.3 Å². The number of aromatic nitrogens is 8. The third kappa shape index (κ3) is 1.57. The Morgan fingerprint density at radius 1 is 0.810 bits per heavy atom. The van der Waals surface area contributed by atoms with Crippen LogP contribution in [0.2, 0.25) is 0 Å². The van der Waals surface area contributed by atoms with E-state index in [9.17, 15) is 0 Å². The number of aryl methyl sites for hydroxylation is 1. The van der Waals surface area contributed by atoms with Crippen LogP contribution >= 0.6 is 0 Å². The van der Waals surface area contributed by atoms with Gasteiger partial charge in [-0.15, -0.1) is 0 Å². The Morgan fingerprint density at radius 2 is 1.43 bits per heavy atom. The van der Waals surface area contributed by atoms with E-state index in [1.165, 1.54) is 12.7 Å². The minimum Gasteiger partial charge on any atom is -0.479 e. The second-order valence-electron chi connectivity index (χ2n) is 4.36. The molecule has 0 saturated carbocycles. The van der Waals surface area contributed by atoms with Crippen molar-refractivity contribution in [1.82, 2.24) is 39.3 Å². The molecule has 4 rings (SSSR count). The van der Waals surface area contributed by atoms with Gasteiger partial charge in [0, 0.05) is 0 Å². The Balaban J connectivity index is 2.03. The van der Waals surface area contributed by atoms with E-state index in [-0.39, 0.29) is 0 Å². The Hall–Kier alpha value is -3.10. The van der Waals surface area contributed by atoms with Gasteiger partial charge in [0.25, 0.3) is 0 Å². The zero-order valence-electron chi connectivity index (χ0n) is 11.3. The molecule has 4 aromatic heterocycles. The molecule has 4 heterocycles. The highest BCUT2D eigenvalue weighted by Crippen LogP contribution is 2.20. The molecule has 104 valence electrons. The van der Waals surface area contributed by atoms with Crippen LogP contribution < -0.4 is 4.74 Å². The second-order valence-corrected chi connectivity index (χ2v) is 4.36. The van der Waals surface area contributed by atoms with Gasteiger partial charge in [0.05, 0.1) is 12.8 Å². The van der Waals surface area contributed by atoms with Crippen molar-refractivity contribution in [3.05, 3.63) is 31.0 Å². The first-order valence-electron chi connectivity index (χ1n) is 6.17. The van der Waals surface area contributed by atoms with Crippen LogP contribution in [-0.2, 0) is 0 Å². The largest absolute Gasteiger partial charge is 0.479 e. The second kappa shape index (κ2) is 4.20. The first kappa shape index (κ1) is 11.7. The van der Waals surface area contributed by atoms with Crippen molar-refractivity contribution in [2.45, 2.75) is 6.92 Å². The van der Waals surface area contributed by atoms with Crippen molar-refractivity contribution < 1.29 is 4.74 Å². The van der Waals surface area contributed by atoms with Gasteiger partial charge in [-0.3, -0.25) is 0 Å². The lowest BCUT2D eigenvalue weighted by atomic mass is 10.4. The molecule has 0 amide bonds. The van der Waals surface area contributed by atoms with Gasteiger partial charge < -0.3 is 4.74 Å². The summed E-state index contributed by atoms with van der Waals surface area (Å²) < 4.78 is 8.68. The van der Waals surface area contributed by atoms with Gasteiger partial charge in [-0.25, -0.2) is 34.3 Å². The maximum Gasteiger partial charge on any atom is 0.245 e. The number of methoxy groups -OCH3 is 1. The number of ether oxygens (including phenoxy) is 1. The Bertz CT molecular complexity index is 956. The van der Waals surface area contributed by atoms with Gasteiger partial charge in [0.2, 0.25) is 5.88 Å². The third-order valence-electron chi connectivity index (χ3n) is 3.21. The highest BCUT2D eigenvalue weighted by molar-refractivity contribution is 5.77. The molecule has 21 heavy (non-hydrogen) atoms. The standard InChI is InChI=1S/C12H10N8O/c1-7-8-10(14-3-13-7)19(5-17-8)20-6-18-9-11(20)15-4-16-12(9)21-2/h3-6H,1-2H3. The van der Waals surface area contributed by atoms with Gasteiger partial charge in [0.1, 0.15) is 30.8 Å². The summed E-state index contributed by atoms with van der Waals surface area (Å²) in [6.07, 6.45) is 6.21. The van der Waals surface area contributed by atoms with Gasteiger partial charge in [-0.1, -0.05) is 0 Å². The van der Waals surface area contributed by atoms with Crippen LogP contribution in [0.5, 0.6) is 5.88 Å². The van der Waals surface area contributed by atoms with E-state index in [0.29, 0.717) is 22.7 Å². The maximum atomic E-state index is 5.19. The fourth-order valence-electron chi connectivity index (χ4n) is 2.21. The van der Waals surface area contributed by atoms with E-state index in [1.54, 1.807) is 29.1 Å². The van der Waals surface area contributed by atoms with Crippen LogP contribution in [0.4, 0.5) is 0 Å². The molecule has 0 aliphatic heterocycles. The lowest BCUT2D eigenvalue weighted by Crippen LogP contribution is -2.08. The van der Waals surface area contributed by atoms with Crippen LogP contribution in [0.3, 0.4) is 0 Å². The summed E-state index contributed by atoms with van der Waals surface area (Å²) in [5.74, 6) is 0.425. The quantitative estimate of drug-likeness (QED) is 0.531. The summed E-state index contributed by atoms with van der Waals surface area (Å²) in [6.45, 7) is 1.89. The van der Waals surface area contributed by atoms with Gasteiger partial charge in [-0.05, 0) is 6.92 Å². The van der Waals surface area contributed by atoms with Crippen molar-refractivity contribution in [2.24, 2.45) is 0 Å². The predicted molar refractivity (Wildman–Crippen MR) is 72.7 cm³/mol. The zero-order valence-corrected chi connectivity index (χ0v) is 11.3. The number of rotatable bonds is 2. The molecular weight excluding hydrogens is 272 g/mol. The third-order valence-corrected chi connectivity index (χ3v) is 3.21. The molecule has 0 aliphatic carbocycles. The van der Waals surface area contributed by atoms with E-state index < -0.39 is 0 Å². The van der Waals surface area contributed by atoms with E-state index in [2.05, 4.69) is 29.9 Å². The number of hydrogen-bond acceptors (Lipinski definition) is 7. The van der Waals surface area contributed by atoms with E-state index >= 15 is 0 Å². The average molecular weight is 282 g/mol. The molecule has 4 aromatic rings. The van der Waals surface area contributed by atoms with E-state index in [0.717, 1.165) is 11.2 Å². The van der Waals surface area contributed by atoms with Crippen molar-refractivity contribution in [3.63, 3.8) is 0 Å². The van der Waals surface area contributed by atoms with Gasteiger partial charge in [0.15, 0.2) is 16.8 Å². The topological polar surface area (TPSA) is 96.4 Å². The SMILES string of the molecule is COc1ncnc2c1ncn2-n1cnc2c(C)ncnc21. The van der Waals surface area contributed by atoms with Crippen LogP contribution in [0.25, 0.3) is 22.3 Å². The summed E-state index contributed by atoms with van der Waals surface area (Å²) >= 11 is 0. The lowest BCUT2D eigenvalue weighted by molar-refractivity contribution is 0.401. The first-order chi connectivity index (χ1) is 10.3. The van der Waals surface area contributed by atoms with Crippen molar-refractivity contribution in [1.29, 1.82) is 0 Å². The van der Waals surface area contributed by atoms with Crippen LogP contribution in [0.1, 0.15) is 5.69 Å². The van der Waals surface area contributed by atoms with Crippen LogP contribution in [0, 0.1) is 6.92 Å². The summed E-state index contributed by atoms with van der Waals surface area (Å²) in [5, 5.41) is 0. The minimum atomic E-state index is 0.425. The van der Waals surface area contributed by atoms with Crippen molar-refractivity contribution in [2.75, 3.05) is 7.11 Å². The number of nitrogens with zero attached hydrogens (tertiary/aromatic N) is 8. The van der Waals surface area contributed by atoms with Crippen LogP contribution in [0.15, 0.2) is 25.3 Å². The summed E-state index contributed by atoms with van der Waals surface area (Å²) in [7, 11) is 1.55. The molecule has 0 unspecified atom stereocenters. The Labute approximate surface area is 118 Å². The Morgan fingerprint density at radius 3 is 2.14 bits per heavy atom. The fourth-order valence-corrected chi connectivity index (χ4v) is 2.21. The van der Waals surface area contributed by atoms with Crippen molar-refractivity contribution in [3.8, 4) is 5.88 Å². The smallest absolute Gasteiger partial charge is 0.245 e. The number of hydrogen-bond donors (Lipinski definition) is 0. The summed E-state index contributed by atoms with van der Waals surface area (Å²) in [6, 6.07) is 0. The molecule has 0 radical (unpaired) electrons. The normalized spacial score (nSPS) is 11.3. The van der Waals surface area contributed by atoms with Crippen LogP contribution in [-0.4, -0.2) is 46.4 Å². The maximum absolute atomic E-state index is 5.19. The Kier molecular flexibility index (Phi) is 2.34. The highest BCUT2D eigenvalue weighted by Gasteiger charge is 2.14. The highest BCUT2D eigenvalue weighted by atomic mass is 16.5. The molecule has 0 bridgehead atoms. The molecule has 0 N–H and O–H groups in total. The molecule has 9 nitrogen and oxygen atoms in total. The molecule has 9 heteroatoms. The monoisotopic (exact) mass is 282 g/mol. The average Bonchev–Trinajstić information content (AvgIpc) is 3.11. The lowest BCUT2D eigenvalue weighted by Gasteiger charge is -2.05. The molecule has 0 atom stereocenters. The molecule has 0 fully saturated rings. The fraction of sp³-hybridized carbons (Fsp3) is 0.167. The van der Waals surface area contributed by atoms with E-state index in [1.807, 2.05) is 6.92 Å². The predicted octanol–water partition coefficient (Wildman–Crippen LogP) is 0.594. The molecular formula is C12H10N8O. The summed E-state index contributed by atoms with van der Waals surface area (Å²) in [5.41, 5.74) is 3.42. The van der Waals surface area contributed by atoms with Gasteiger partial charge in [-0.2, -0.15) is 4.98 Å². The number of fused-ring (bicyclic) bond motifs is 2. The molecule has 0 saturated heterocycles. The zero-order chi connectivity index (χ0) is 14.4. The molecule has 0 aliphatic rings. The molecule has 0 aromatic carbocycles. The molecule has 0 spiro atoms. The number of imidazole rings is 2. The van der Waals surface area contributed by atoms with E-state index in [4.69, 9.17) is 4.74 Å². The van der Waals surface area contributed by atoms with Gasteiger partial charge >= 0.3 is 0 Å². The first-order valence-corrected chi connectivity index (χ1v) is 6.17. The minimum absolute atomic E-state index is 0.425. The summed E-state index contributed by atoms with van der Waals surface area (Å²) in [4.78, 5) is 25.3.